The molecule has 36 heavy (non-hydrogen) atoms. The lowest BCUT2D eigenvalue weighted by Gasteiger charge is -2.19. The molecule has 9 heteroatoms. The van der Waals surface area contributed by atoms with Crippen molar-refractivity contribution in [2.45, 2.75) is 38.8 Å². The van der Waals surface area contributed by atoms with E-state index in [4.69, 9.17) is 10.5 Å². The monoisotopic (exact) mass is 496 g/mol. The number of nitrogens with two attached hydrogens (primary N) is 1. The molecule has 0 radical (unpaired) electrons. The van der Waals surface area contributed by atoms with Crippen molar-refractivity contribution in [1.82, 2.24) is 5.32 Å². The molecule has 0 saturated heterocycles. The van der Waals surface area contributed by atoms with Crippen LogP contribution in [0.15, 0.2) is 66.7 Å². The van der Waals surface area contributed by atoms with Crippen molar-refractivity contribution in [2.24, 2.45) is 5.73 Å². The van der Waals surface area contributed by atoms with Crippen LogP contribution >= 0.6 is 0 Å². The van der Waals surface area contributed by atoms with Crippen LogP contribution in [0.4, 0.5) is 25.0 Å². The number of urea groups is 1. The van der Waals surface area contributed by atoms with Gasteiger partial charge in [-0.1, -0.05) is 23.8 Å². The Bertz CT molecular complexity index is 1130. The maximum atomic E-state index is 13.7. The third-order valence-electron chi connectivity index (χ3n) is 5.44. The van der Waals surface area contributed by atoms with E-state index in [0.717, 1.165) is 24.1 Å². The van der Waals surface area contributed by atoms with E-state index in [1.165, 1.54) is 6.07 Å². The second kappa shape index (κ2) is 13.2. The number of ether oxygens (including phenoxy) is 1. The summed E-state index contributed by atoms with van der Waals surface area (Å²) in [7, 11) is 0. The van der Waals surface area contributed by atoms with Gasteiger partial charge in [-0.2, -0.15) is 0 Å². The van der Waals surface area contributed by atoms with Crippen molar-refractivity contribution in [2.75, 3.05) is 17.2 Å². The number of benzene rings is 3. The Balaban J connectivity index is 1.56. The second-order valence-electron chi connectivity index (χ2n) is 8.30. The number of aryl methyl sites for hydroxylation is 1. The molecule has 0 unspecified atom stereocenters. The number of amides is 3. The molecule has 0 bridgehead atoms. The zero-order valence-corrected chi connectivity index (χ0v) is 20.0. The highest BCUT2D eigenvalue weighted by Gasteiger charge is 2.21. The minimum Gasteiger partial charge on any atom is -0.489 e. The van der Waals surface area contributed by atoms with Crippen LogP contribution in [0.25, 0.3) is 0 Å². The molecule has 3 aromatic carbocycles. The molecule has 3 amide bonds. The summed E-state index contributed by atoms with van der Waals surface area (Å²) in [6.07, 6.45) is 1.84. The minimum atomic E-state index is -0.754. The third kappa shape index (κ3) is 8.06. The standard InChI is InChI=1S/C27H30F2N4O3/c1-18-8-10-19(11-9-18)31-26(34)25(7-2-3-16-30)33-27(35)32-20-12-14-21(15-13-20)36-17-22-23(28)5-4-6-24(22)29/h4-6,8-15,25H,2-3,7,16-17,30H2,1H3,(H,31,34)(H2,32,33,35)/t25-/m0/s1. The Kier molecular flexibility index (Phi) is 9.76. The van der Waals surface area contributed by atoms with Gasteiger partial charge in [-0.3, -0.25) is 4.79 Å². The fourth-order valence-corrected chi connectivity index (χ4v) is 3.41. The van der Waals surface area contributed by atoms with Crippen molar-refractivity contribution < 1.29 is 23.1 Å². The Morgan fingerprint density at radius 2 is 1.50 bits per heavy atom. The fraction of sp³-hybridized carbons (Fsp3) is 0.259. The highest BCUT2D eigenvalue weighted by molar-refractivity contribution is 5.99. The minimum absolute atomic E-state index is 0.163. The van der Waals surface area contributed by atoms with Crippen LogP contribution in [0.5, 0.6) is 5.75 Å². The van der Waals surface area contributed by atoms with Gasteiger partial charge in [0, 0.05) is 11.4 Å². The van der Waals surface area contributed by atoms with Gasteiger partial charge in [0.2, 0.25) is 5.91 Å². The van der Waals surface area contributed by atoms with E-state index in [2.05, 4.69) is 16.0 Å². The summed E-state index contributed by atoms with van der Waals surface area (Å²) in [4.78, 5) is 25.4. The summed E-state index contributed by atoms with van der Waals surface area (Å²) in [6, 6.07) is 16.0. The van der Waals surface area contributed by atoms with Crippen molar-refractivity contribution >= 4 is 23.3 Å². The summed E-state index contributed by atoms with van der Waals surface area (Å²) in [6.45, 7) is 2.18. The quantitative estimate of drug-likeness (QED) is 0.277. The van der Waals surface area contributed by atoms with Gasteiger partial charge < -0.3 is 26.4 Å². The number of halogens is 2. The SMILES string of the molecule is Cc1ccc(NC(=O)[C@H](CCCCN)NC(=O)Nc2ccc(OCc3c(F)cccc3F)cc2)cc1. The van der Waals surface area contributed by atoms with Crippen LogP contribution in [0, 0.1) is 18.6 Å². The van der Waals surface area contributed by atoms with Crippen LogP contribution in [0.2, 0.25) is 0 Å². The summed E-state index contributed by atoms with van der Waals surface area (Å²) < 4.78 is 33.0. The summed E-state index contributed by atoms with van der Waals surface area (Å²) in [5, 5.41) is 8.22. The van der Waals surface area contributed by atoms with Gasteiger partial charge in [-0.05, 0) is 81.3 Å². The highest BCUT2D eigenvalue weighted by Crippen LogP contribution is 2.19. The molecule has 190 valence electrons. The highest BCUT2D eigenvalue weighted by atomic mass is 19.1. The van der Waals surface area contributed by atoms with E-state index in [1.54, 1.807) is 36.4 Å². The van der Waals surface area contributed by atoms with E-state index in [1.807, 2.05) is 19.1 Å². The molecule has 0 saturated carbocycles. The van der Waals surface area contributed by atoms with Crippen molar-refractivity contribution in [3.8, 4) is 5.75 Å². The van der Waals surface area contributed by atoms with Gasteiger partial charge in [0.25, 0.3) is 0 Å². The molecule has 0 aromatic heterocycles. The normalized spacial score (nSPS) is 11.4. The lowest BCUT2D eigenvalue weighted by atomic mass is 10.1. The summed E-state index contributed by atoms with van der Waals surface area (Å²) in [5.74, 6) is -1.31. The van der Waals surface area contributed by atoms with Gasteiger partial charge in [0.15, 0.2) is 0 Å². The average Bonchev–Trinajstić information content (AvgIpc) is 2.85. The zero-order chi connectivity index (χ0) is 25.9. The number of unbranched alkanes of at least 4 members (excludes halogenated alkanes) is 1. The van der Waals surface area contributed by atoms with Crippen LogP contribution in [-0.4, -0.2) is 24.5 Å². The predicted molar refractivity (Wildman–Crippen MR) is 136 cm³/mol. The van der Waals surface area contributed by atoms with E-state index < -0.39 is 23.7 Å². The molecule has 0 aliphatic rings. The smallest absolute Gasteiger partial charge is 0.319 e. The number of hydrogen-bond donors (Lipinski definition) is 4. The first-order valence-electron chi connectivity index (χ1n) is 11.7. The maximum absolute atomic E-state index is 13.7. The first kappa shape index (κ1) is 26.6. The lowest BCUT2D eigenvalue weighted by molar-refractivity contribution is -0.118. The fourth-order valence-electron chi connectivity index (χ4n) is 3.41. The van der Waals surface area contributed by atoms with Gasteiger partial charge in [0.05, 0.1) is 5.56 Å². The Hall–Kier alpha value is -3.98. The largest absolute Gasteiger partial charge is 0.489 e. The van der Waals surface area contributed by atoms with Crippen molar-refractivity contribution in [1.29, 1.82) is 0 Å². The van der Waals surface area contributed by atoms with E-state index in [9.17, 15) is 18.4 Å². The molecular formula is C27H30F2N4O3. The number of hydrogen-bond acceptors (Lipinski definition) is 4. The van der Waals surface area contributed by atoms with Crippen LogP contribution in [-0.2, 0) is 11.4 Å². The van der Waals surface area contributed by atoms with Crippen LogP contribution in [0.1, 0.15) is 30.4 Å². The molecule has 0 heterocycles. The second-order valence-corrected chi connectivity index (χ2v) is 8.30. The summed E-state index contributed by atoms with van der Waals surface area (Å²) in [5.41, 5.74) is 7.57. The number of rotatable bonds is 11. The summed E-state index contributed by atoms with van der Waals surface area (Å²) >= 11 is 0. The topological polar surface area (TPSA) is 105 Å². The van der Waals surface area contributed by atoms with Gasteiger partial charge in [0.1, 0.15) is 30.0 Å². The molecule has 1 atom stereocenters. The zero-order valence-electron chi connectivity index (χ0n) is 20.0. The Labute approximate surface area is 209 Å². The Morgan fingerprint density at radius 3 is 2.14 bits per heavy atom. The molecule has 3 rings (SSSR count). The first-order chi connectivity index (χ1) is 17.4. The average molecular weight is 497 g/mol. The number of carbonyl (C=O) groups is 2. The molecule has 0 fully saturated rings. The van der Waals surface area contributed by atoms with Gasteiger partial charge in [-0.15, -0.1) is 0 Å². The third-order valence-corrected chi connectivity index (χ3v) is 5.44. The number of carbonyl (C=O) groups excluding carboxylic acids is 2. The number of nitrogens with one attached hydrogen (secondary N) is 3. The molecule has 0 aliphatic heterocycles. The van der Waals surface area contributed by atoms with Crippen LogP contribution < -0.4 is 26.4 Å². The van der Waals surface area contributed by atoms with E-state index in [0.29, 0.717) is 36.5 Å². The molecule has 5 N–H and O–H groups in total. The lowest BCUT2D eigenvalue weighted by Crippen LogP contribution is -2.45. The molecular weight excluding hydrogens is 466 g/mol. The van der Waals surface area contributed by atoms with Gasteiger partial charge in [-0.25, -0.2) is 13.6 Å². The van der Waals surface area contributed by atoms with Gasteiger partial charge >= 0.3 is 6.03 Å². The van der Waals surface area contributed by atoms with Crippen LogP contribution in [0.3, 0.4) is 0 Å². The number of anilines is 2. The van der Waals surface area contributed by atoms with E-state index >= 15 is 0 Å². The van der Waals surface area contributed by atoms with E-state index in [-0.39, 0.29) is 18.1 Å². The predicted octanol–water partition coefficient (Wildman–Crippen LogP) is 5.11. The molecule has 0 spiro atoms. The van der Waals surface area contributed by atoms with Crippen molar-refractivity contribution in [3.63, 3.8) is 0 Å². The molecule has 3 aromatic rings. The maximum Gasteiger partial charge on any atom is 0.319 e. The molecule has 0 aliphatic carbocycles. The Morgan fingerprint density at radius 1 is 0.889 bits per heavy atom. The van der Waals surface area contributed by atoms with Crippen molar-refractivity contribution in [3.05, 3.63) is 89.5 Å². The molecule has 7 nitrogen and oxygen atoms in total. The first-order valence-corrected chi connectivity index (χ1v) is 11.7.